The zero-order valence-corrected chi connectivity index (χ0v) is 16.2. The summed E-state index contributed by atoms with van der Waals surface area (Å²) in [4.78, 5) is 30.6. The SMILES string of the molecule is COc1ccc2nc(SC(C)C(=O)Nc3cc([N+](=O)[O-])ccc3OC)[nH]c2c1. The molecule has 0 spiro atoms. The van der Waals surface area contributed by atoms with Gasteiger partial charge in [0.15, 0.2) is 5.16 Å². The summed E-state index contributed by atoms with van der Waals surface area (Å²) in [6.45, 7) is 1.72. The number of non-ortho nitro benzene ring substituents is 1. The summed E-state index contributed by atoms with van der Waals surface area (Å²) < 4.78 is 10.4. The van der Waals surface area contributed by atoms with E-state index in [0.29, 0.717) is 16.7 Å². The molecule has 1 aromatic heterocycles. The lowest BCUT2D eigenvalue weighted by atomic mass is 10.2. The zero-order valence-electron chi connectivity index (χ0n) is 15.4. The summed E-state index contributed by atoms with van der Waals surface area (Å²) in [6.07, 6.45) is 0. The van der Waals surface area contributed by atoms with E-state index in [0.717, 1.165) is 11.0 Å². The van der Waals surface area contributed by atoms with Gasteiger partial charge in [0.2, 0.25) is 5.91 Å². The van der Waals surface area contributed by atoms with Crippen LogP contribution < -0.4 is 14.8 Å². The molecular formula is C18H18N4O5S. The minimum absolute atomic E-state index is 0.136. The van der Waals surface area contributed by atoms with Gasteiger partial charge in [0.05, 0.1) is 41.1 Å². The number of rotatable bonds is 7. The lowest BCUT2D eigenvalue weighted by Gasteiger charge is -2.13. The number of carbonyl (C=O) groups is 1. The monoisotopic (exact) mass is 402 g/mol. The van der Waals surface area contributed by atoms with E-state index in [2.05, 4.69) is 15.3 Å². The number of H-pyrrole nitrogens is 1. The number of nitrogens with one attached hydrogen (secondary N) is 2. The van der Waals surface area contributed by atoms with E-state index in [9.17, 15) is 14.9 Å². The highest BCUT2D eigenvalue weighted by Crippen LogP contribution is 2.31. The van der Waals surface area contributed by atoms with Crippen molar-refractivity contribution in [3.8, 4) is 11.5 Å². The van der Waals surface area contributed by atoms with Gasteiger partial charge in [0.1, 0.15) is 11.5 Å². The molecule has 0 aliphatic heterocycles. The van der Waals surface area contributed by atoms with E-state index in [1.807, 2.05) is 18.2 Å². The number of anilines is 1. The first-order chi connectivity index (χ1) is 13.4. The fraction of sp³-hybridized carbons (Fsp3) is 0.222. The molecule has 0 radical (unpaired) electrons. The average molecular weight is 402 g/mol. The standard InChI is InChI=1S/C18H18N4O5S/c1-10(28-18-20-13-6-5-12(26-2)9-14(13)21-18)17(23)19-15-8-11(22(24)25)4-7-16(15)27-3/h4-10H,1-3H3,(H,19,23)(H,20,21). The van der Waals surface area contributed by atoms with Crippen molar-refractivity contribution in [2.24, 2.45) is 0 Å². The van der Waals surface area contributed by atoms with E-state index in [-0.39, 0.29) is 17.3 Å². The summed E-state index contributed by atoms with van der Waals surface area (Å²) in [7, 11) is 3.01. The van der Waals surface area contributed by atoms with Gasteiger partial charge < -0.3 is 19.8 Å². The van der Waals surface area contributed by atoms with E-state index in [1.54, 1.807) is 14.0 Å². The number of methoxy groups -OCH3 is 2. The van der Waals surface area contributed by atoms with Crippen LogP contribution in [0, 0.1) is 10.1 Å². The summed E-state index contributed by atoms with van der Waals surface area (Å²) in [5.41, 5.74) is 1.66. The Labute approximate surface area is 164 Å². The number of carbonyl (C=O) groups excluding carboxylic acids is 1. The third-order valence-electron chi connectivity index (χ3n) is 3.98. The Balaban J connectivity index is 1.74. The van der Waals surface area contributed by atoms with Crippen LogP contribution in [0.2, 0.25) is 0 Å². The Hall–Kier alpha value is -3.27. The summed E-state index contributed by atoms with van der Waals surface area (Å²) in [6, 6.07) is 9.48. The van der Waals surface area contributed by atoms with Crippen LogP contribution in [0.4, 0.5) is 11.4 Å². The molecule has 1 heterocycles. The van der Waals surface area contributed by atoms with Crippen molar-refractivity contribution in [2.75, 3.05) is 19.5 Å². The first-order valence-corrected chi connectivity index (χ1v) is 9.13. The molecule has 3 aromatic rings. The molecule has 28 heavy (non-hydrogen) atoms. The van der Waals surface area contributed by atoms with Gasteiger partial charge >= 0.3 is 0 Å². The molecule has 0 saturated heterocycles. The number of imidazole rings is 1. The van der Waals surface area contributed by atoms with Crippen molar-refractivity contribution in [1.82, 2.24) is 9.97 Å². The Morgan fingerprint density at radius 2 is 2.04 bits per heavy atom. The van der Waals surface area contributed by atoms with Crippen LogP contribution in [0.1, 0.15) is 6.92 Å². The summed E-state index contributed by atoms with van der Waals surface area (Å²) >= 11 is 1.24. The van der Waals surface area contributed by atoms with Gasteiger partial charge in [-0.2, -0.15) is 0 Å². The fourth-order valence-corrected chi connectivity index (χ4v) is 3.33. The van der Waals surface area contributed by atoms with Crippen LogP contribution in [0.15, 0.2) is 41.6 Å². The van der Waals surface area contributed by atoms with E-state index in [1.165, 1.54) is 37.1 Å². The number of ether oxygens (including phenoxy) is 2. The van der Waals surface area contributed by atoms with Crippen molar-refractivity contribution in [2.45, 2.75) is 17.3 Å². The number of benzene rings is 2. The largest absolute Gasteiger partial charge is 0.497 e. The quantitative estimate of drug-likeness (QED) is 0.352. The molecule has 0 aliphatic carbocycles. The second-order valence-electron chi connectivity index (χ2n) is 5.82. The highest BCUT2D eigenvalue weighted by Gasteiger charge is 2.20. The van der Waals surface area contributed by atoms with Crippen LogP contribution in [-0.4, -0.2) is 40.3 Å². The molecule has 1 atom stereocenters. The van der Waals surface area contributed by atoms with Gasteiger partial charge in [0.25, 0.3) is 5.69 Å². The van der Waals surface area contributed by atoms with Gasteiger partial charge in [0, 0.05) is 18.2 Å². The van der Waals surface area contributed by atoms with Gasteiger partial charge in [-0.3, -0.25) is 14.9 Å². The Morgan fingerprint density at radius 1 is 1.25 bits per heavy atom. The summed E-state index contributed by atoms with van der Waals surface area (Å²) in [5.74, 6) is 0.713. The molecule has 0 aliphatic rings. The Bertz CT molecular complexity index is 1040. The van der Waals surface area contributed by atoms with Crippen LogP contribution in [0.25, 0.3) is 11.0 Å². The van der Waals surface area contributed by atoms with E-state index in [4.69, 9.17) is 9.47 Å². The molecule has 1 unspecified atom stereocenters. The molecule has 0 bridgehead atoms. The number of nitrogens with zero attached hydrogens (tertiary/aromatic N) is 2. The molecule has 10 heteroatoms. The first-order valence-electron chi connectivity index (χ1n) is 8.25. The molecule has 0 fully saturated rings. The van der Waals surface area contributed by atoms with Gasteiger partial charge in [-0.05, 0) is 25.1 Å². The Kier molecular flexibility index (Phi) is 5.69. The number of hydrogen-bond donors (Lipinski definition) is 2. The van der Waals surface area contributed by atoms with E-state index >= 15 is 0 Å². The summed E-state index contributed by atoms with van der Waals surface area (Å²) in [5, 5.41) is 13.7. The number of nitro groups is 1. The zero-order chi connectivity index (χ0) is 20.3. The normalized spacial score (nSPS) is 11.8. The van der Waals surface area contributed by atoms with Gasteiger partial charge in [-0.25, -0.2) is 4.98 Å². The van der Waals surface area contributed by atoms with Crippen molar-refractivity contribution in [1.29, 1.82) is 0 Å². The molecular weight excluding hydrogens is 384 g/mol. The highest BCUT2D eigenvalue weighted by molar-refractivity contribution is 8.00. The lowest BCUT2D eigenvalue weighted by Crippen LogP contribution is -2.22. The van der Waals surface area contributed by atoms with Gasteiger partial charge in [-0.15, -0.1) is 0 Å². The van der Waals surface area contributed by atoms with Gasteiger partial charge in [-0.1, -0.05) is 11.8 Å². The van der Waals surface area contributed by atoms with Crippen LogP contribution in [0.5, 0.6) is 11.5 Å². The number of fused-ring (bicyclic) bond motifs is 1. The second kappa shape index (κ2) is 8.17. The second-order valence-corrected chi connectivity index (χ2v) is 7.15. The maximum absolute atomic E-state index is 12.6. The molecule has 2 N–H and O–H groups in total. The highest BCUT2D eigenvalue weighted by atomic mass is 32.2. The molecule has 3 rings (SSSR count). The number of aromatic amines is 1. The number of nitro benzene ring substituents is 1. The van der Waals surface area contributed by atoms with Crippen LogP contribution >= 0.6 is 11.8 Å². The van der Waals surface area contributed by atoms with Crippen molar-refractivity contribution in [3.05, 3.63) is 46.5 Å². The number of hydrogen-bond acceptors (Lipinski definition) is 7. The predicted octanol–water partition coefficient (Wildman–Crippen LogP) is 3.61. The molecule has 0 saturated carbocycles. The molecule has 146 valence electrons. The predicted molar refractivity (Wildman–Crippen MR) is 106 cm³/mol. The maximum atomic E-state index is 12.6. The average Bonchev–Trinajstić information content (AvgIpc) is 3.08. The first kappa shape index (κ1) is 19.5. The smallest absolute Gasteiger partial charge is 0.271 e. The minimum Gasteiger partial charge on any atom is -0.497 e. The van der Waals surface area contributed by atoms with Crippen LogP contribution in [-0.2, 0) is 4.79 Å². The van der Waals surface area contributed by atoms with Crippen molar-refractivity contribution in [3.63, 3.8) is 0 Å². The Morgan fingerprint density at radius 3 is 2.71 bits per heavy atom. The molecule has 2 aromatic carbocycles. The maximum Gasteiger partial charge on any atom is 0.271 e. The molecule has 1 amide bonds. The third-order valence-corrected chi connectivity index (χ3v) is 4.96. The van der Waals surface area contributed by atoms with Crippen molar-refractivity contribution >= 4 is 40.1 Å². The number of amides is 1. The number of aromatic nitrogens is 2. The minimum atomic E-state index is -0.532. The lowest BCUT2D eigenvalue weighted by molar-refractivity contribution is -0.384. The van der Waals surface area contributed by atoms with E-state index < -0.39 is 10.2 Å². The molecule has 9 nitrogen and oxygen atoms in total. The third kappa shape index (κ3) is 4.17. The number of thioether (sulfide) groups is 1. The topological polar surface area (TPSA) is 119 Å². The van der Waals surface area contributed by atoms with Crippen molar-refractivity contribution < 1.29 is 19.2 Å². The van der Waals surface area contributed by atoms with Crippen LogP contribution in [0.3, 0.4) is 0 Å². The fourth-order valence-electron chi connectivity index (χ4n) is 2.51.